The molecule has 2 saturated heterocycles. The highest BCUT2D eigenvalue weighted by atomic mass is 35.5. The maximum atomic E-state index is 13.2. The molecule has 2 aliphatic heterocycles. The van der Waals surface area contributed by atoms with E-state index in [9.17, 15) is 14.4 Å². The van der Waals surface area contributed by atoms with E-state index in [0.717, 1.165) is 38.5 Å². The van der Waals surface area contributed by atoms with E-state index in [2.05, 4.69) is 0 Å². The maximum absolute atomic E-state index is 13.2. The highest BCUT2D eigenvalue weighted by molar-refractivity contribution is 6.30. The summed E-state index contributed by atoms with van der Waals surface area (Å²) < 4.78 is 0. The Bertz CT molecular complexity index is 783. The summed E-state index contributed by atoms with van der Waals surface area (Å²) in [5.41, 5.74) is 0.610. The molecular formula is C23H30ClN3O3. The molecule has 0 radical (unpaired) electrons. The monoisotopic (exact) mass is 431 g/mol. The largest absolute Gasteiger partial charge is 0.337 e. The second kappa shape index (κ2) is 9.38. The number of halogens is 1. The van der Waals surface area contributed by atoms with Gasteiger partial charge in [-0.25, -0.2) is 0 Å². The molecule has 1 atom stereocenters. The van der Waals surface area contributed by atoms with Crippen molar-refractivity contribution in [3.8, 4) is 0 Å². The van der Waals surface area contributed by atoms with Crippen LogP contribution in [0.3, 0.4) is 0 Å². The fourth-order valence-electron chi connectivity index (χ4n) is 4.99. The van der Waals surface area contributed by atoms with E-state index in [1.807, 2.05) is 9.80 Å². The van der Waals surface area contributed by atoms with Gasteiger partial charge in [0.2, 0.25) is 11.8 Å². The Hall–Kier alpha value is -2.08. The van der Waals surface area contributed by atoms with Crippen molar-refractivity contribution in [2.75, 3.05) is 32.7 Å². The number of carbonyl (C=O) groups is 3. The van der Waals surface area contributed by atoms with Crippen LogP contribution in [0.2, 0.25) is 5.02 Å². The topological polar surface area (TPSA) is 60.9 Å². The van der Waals surface area contributed by atoms with Crippen molar-refractivity contribution >= 4 is 29.3 Å². The highest BCUT2D eigenvalue weighted by Crippen LogP contribution is 2.29. The lowest BCUT2D eigenvalue weighted by Gasteiger charge is -2.38. The Morgan fingerprint density at radius 1 is 0.733 bits per heavy atom. The third-order valence-corrected chi connectivity index (χ3v) is 7.00. The van der Waals surface area contributed by atoms with Gasteiger partial charge in [0.05, 0.1) is 0 Å². The summed E-state index contributed by atoms with van der Waals surface area (Å²) in [4.78, 5) is 44.4. The van der Waals surface area contributed by atoms with Gasteiger partial charge in [0, 0.05) is 49.2 Å². The lowest BCUT2D eigenvalue weighted by molar-refractivity contribution is -0.147. The first kappa shape index (κ1) is 21.2. The Labute approximate surface area is 183 Å². The van der Waals surface area contributed by atoms with E-state index in [-0.39, 0.29) is 29.7 Å². The minimum Gasteiger partial charge on any atom is -0.337 e. The smallest absolute Gasteiger partial charge is 0.253 e. The molecule has 6 nitrogen and oxygen atoms in total. The van der Waals surface area contributed by atoms with Gasteiger partial charge in [-0.05, 0) is 49.9 Å². The summed E-state index contributed by atoms with van der Waals surface area (Å²) in [6.45, 7) is 2.74. The number of benzene rings is 1. The summed E-state index contributed by atoms with van der Waals surface area (Å²) in [7, 11) is 0. The molecule has 0 N–H and O–H groups in total. The van der Waals surface area contributed by atoms with E-state index >= 15 is 0 Å². The summed E-state index contributed by atoms with van der Waals surface area (Å²) >= 11 is 5.90. The number of hydrogen-bond donors (Lipinski definition) is 0. The molecule has 0 aromatic heterocycles. The van der Waals surface area contributed by atoms with E-state index in [0.29, 0.717) is 43.3 Å². The van der Waals surface area contributed by atoms with Crippen molar-refractivity contribution in [2.24, 2.45) is 5.92 Å². The SMILES string of the molecule is O=C(c1ccc(Cl)cc1)N1CCN(C(=O)C2CCCN2C(=O)C2CCCCC2)CC1. The van der Waals surface area contributed by atoms with E-state index in [1.54, 1.807) is 29.2 Å². The minimum absolute atomic E-state index is 0.0336. The third-order valence-electron chi connectivity index (χ3n) is 6.75. The highest BCUT2D eigenvalue weighted by Gasteiger charge is 2.39. The van der Waals surface area contributed by atoms with Gasteiger partial charge in [-0.15, -0.1) is 0 Å². The van der Waals surface area contributed by atoms with Gasteiger partial charge >= 0.3 is 0 Å². The zero-order valence-electron chi connectivity index (χ0n) is 17.4. The second-order valence-electron chi connectivity index (χ2n) is 8.65. The Kier molecular flexibility index (Phi) is 6.61. The van der Waals surface area contributed by atoms with Crippen LogP contribution < -0.4 is 0 Å². The van der Waals surface area contributed by atoms with Gasteiger partial charge in [0.1, 0.15) is 6.04 Å². The van der Waals surface area contributed by atoms with Crippen molar-refractivity contribution in [3.63, 3.8) is 0 Å². The Morgan fingerprint density at radius 3 is 2.03 bits per heavy atom. The average molecular weight is 432 g/mol. The van der Waals surface area contributed by atoms with Gasteiger partial charge < -0.3 is 14.7 Å². The molecule has 7 heteroatoms. The van der Waals surface area contributed by atoms with Crippen LogP contribution >= 0.6 is 11.6 Å². The molecule has 162 valence electrons. The molecule has 1 aromatic rings. The molecule has 3 amide bonds. The van der Waals surface area contributed by atoms with Crippen LogP contribution in [0.4, 0.5) is 0 Å². The van der Waals surface area contributed by atoms with E-state index in [4.69, 9.17) is 11.6 Å². The fraction of sp³-hybridized carbons (Fsp3) is 0.609. The predicted molar refractivity (Wildman–Crippen MR) is 115 cm³/mol. The molecule has 1 unspecified atom stereocenters. The summed E-state index contributed by atoms with van der Waals surface area (Å²) in [6, 6.07) is 6.57. The third kappa shape index (κ3) is 4.48. The first-order valence-corrected chi connectivity index (χ1v) is 11.6. The molecule has 0 spiro atoms. The predicted octanol–water partition coefficient (Wildman–Crippen LogP) is 3.20. The zero-order valence-corrected chi connectivity index (χ0v) is 18.1. The molecule has 1 aliphatic carbocycles. The van der Waals surface area contributed by atoms with Crippen LogP contribution in [-0.2, 0) is 9.59 Å². The first-order valence-electron chi connectivity index (χ1n) is 11.2. The number of rotatable bonds is 3. The van der Waals surface area contributed by atoms with Crippen LogP contribution in [0.15, 0.2) is 24.3 Å². The molecule has 0 bridgehead atoms. The molecule has 3 aliphatic rings. The van der Waals surface area contributed by atoms with Crippen LogP contribution in [0, 0.1) is 5.92 Å². The molecule has 1 aromatic carbocycles. The molecule has 4 rings (SSSR count). The molecule has 2 heterocycles. The van der Waals surface area contributed by atoms with Crippen molar-refractivity contribution in [1.82, 2.24) is 14.7 Å². The lowest BCUT2D eigenvalue weighted by atomic mass is 9.88. The first-order chi connectivity index (χ1) is 14.5. The minimum atomic E-state index is -0.321. The van der Waals surface area contributed by atoms with Crippen LogP contribution in [-0.4, -0.2) is 71.2 Å². The Balaban J connectivity index is 1.33. The number of likely N-dealkylation sites (tertiary alicyclic amines) is 1. The average Bonchev–Trinajstić information content (AvgIpc) is 3.29. The van der Waals surface area contributed by atoms with Gasteiger partial charge in [0.25, 0.3) is 5.91 Å². The fourth-order valence-corrected chi connectivity index (χ4v) is 5.11. The second-order valence-corrected chi connectivity index (χ2v) is 9.09. The van der Waals surface area contributed by atoms with Crippen molar-refractivity contribution in [1.29, 1.82) is 0 Å². The van der Waals surface area contributed by atoms with Crippen molar-refractivity contribution < 1.29 is 14.4 Å². The lowest BCUT2D eigenvalue weighted by Crippen LogP contribution is -2.55. The number of nitrogens with zero attached hydrogens (tertiary/aromatic N) is 3. The molecular weight excluding hydrogens is 402 g/mol. The number of hydrogen-bond acceptors (Lipinski definition) is 3. The van der Waals surface area contributed by atoms with Crippen molar-refractivity contribution in [3.05, 3.63) is 34.9 Å². The molecule has 30 heavy (non-hydrogen) atoms. The van der Waals surface area contributed by atoms with Crippen LogP contribution in [0.25, 0.3) is 0 Å². The van der Waals surface area contributed by atoms with E-state index < -0.39 is 0 Å². The zero-order chi connectivity index (χ0) is 21.1. The summed E-state index contributed by atoms with van der Waals surface area (Å²) in [5, 5.41) is 0.603. The normalized spacial score (nSPS) is 23.0. The standard InChI is InChI=1S/C23H30ClN3O3/c24-19-10-8-18(9-11-19)21(28)25-13-15-26(16-14-25)23(30)20-7-4-12-27(20)22(29)17-5-2-1-3-6-17/h8-11,17,20H,1-7,12-16H2. The van der Waals surface area contributed by atoms with Crippen LogP contribution in [0.1, 0.15) is 55.3 Å². The van der Waals surface area contributed by atoms with Crippen molar-refractivity contribution in [2.45, 2.75) is 51.0 Å². The van der Waals surface area contributed by atoms with Gasteiger partial charge in [-0.2, -0.15) is 0 Å². The quantitative estimate of drug-likeness (QED) is 0.738. The number of piperazine rings is 1. The van der Waals surface area contributed by atoms with E-state index in [1.165, 1.54) is 6.42 Å². The van der Waals surface area contributed by atoms with Crippen LogP contribution in [0.5, 0.6) is 0 Å². The summed E-state index contributed by atoms with van der Waals surface area (Å²) in [6.07, 6.45) is 7.01. The number of carbonyl (C=O) groups excluding carboxylic acids is 3. The van der Waals surface area contributed by atoms with Gasteiger partial charge in [-0.1, -0.05) is 30.9 Å². The Morgan fingerprint density at radius 2 is 1.37 bits per heavy atom. The molecule has 1 saturated carbocycles. The maximum Gasteiger partial charge on any atom is 0.253 e. The molecule has 3 fully saturated rings. The summed E-state index contributed by atoms with van der Waals surface area (Å²) in [5.74, 6) is 0.298. The number of amides is 3. The van der Waals surface area contributed by atoms with Gasteiger partial charge in [-0.3, -0.25) is 14.4 Å². The van der Waals surface area contributed by atoms with Gasteiger partial charge in [0.15, 0.2) is 0 Å².